The minimum atomic E-state index is -3.36. The van der Waals surface area contributed by atoms with E-state index in [0.717, 1.165) is 42.8 Å². The summed E-state index contributed by atoms with van der Waals surface area (Å²) in [6.07, 6.45) is 4.67. The van der Waals surface area contributed by atoms with Crippen LogP contribution in [0.5, 0.6) is 0 Å². The van der Waals surface area contributed by atoms with E-state index in [-0.39, 0.29) is 11.2 Å². The maximum absolute atomic E-state index is 13.1. The highest BCUT2D eigenvalue weighted by molar-refractivity contribution is 7.92. The molecule has 0 atom stereocenters. The minimum Gasteiger partial charge on any atom is -0.378 e. The molecule has 2 aromatic heterocycles. The van der Waals surface area contributed by atoms with Crippen LogP contribution in [-0.4, -0.2) is 66.8 Å². The van der Waals surface area contributed by atoms with Gasteiger partial charge in [-0.2, -0.15) is 0 Å². The van der Waals surface area contributed by atoms with Gasteiger partial charge in [0.1, 0.15) is 5.69 Å². The van der Waals surface area contributed by atoms with Crippen molar-refractivity contribution in [2.45, 2.75) is 35.6 Å². The van der Waals surface area contributed by atoms with Gasteiger partial charge in [0.05, 0.1) is 29.4 Å². The van der Waals surface area contributed by atoms with E-state index in [1.54, 1.807) is 42.7 Å². The SMILES string of the molecule is O=C(NCc1ccc(S(=O)(=O)C2CCN(C3COC3)CC2)cc1)c1cc2cnccc2[nH]1. The predicted octanol–water partition coefficient (Wildman–Crippen LogP) is 2.13. The number of benzene rings is 1. The first-order valence-corrected chi connectivity index (χ1v) is 12.4. The number of piperidine rings is 1. The fourth-order valence-electron chi connectivity index (χ4n) is 4.35. The molecule has 2 N–H and O–H groups in total. The first kappa shape index (κ1) is 21.1. The molecule has 8 nitrogen and oxygen atoms in total. The topological polar surface area (TPSA) is 104 Å². The van der Waals surface area contributed by atoms with Gasteiger partial charge in [0, 0.05) is 29.8 Å². The molecule has 5 rings (SSSR count). The Hall–Kier alpha value is -2.75. The van der Waals surface area contributed by atoms with Crippen LogP contribution in [-0.2, 0) is 21.1 Å². The van der Waals surface area contributed by atoms with Crippen molar-refractivity contribution in [3.05, 3.63) is 60.0 Å². The summed E-state index contributed by atoms with van der Waals surface area (Å²) < 4.78 is 31.4. The number of ether oxygens (including phenoxy) is 1. The molecule has 4 heterocycles. The lowest BCUT2D eigenvalue weighted by Crippen LogP contribution is -2.53. The molecule has 1 aromatic carbocycles. The van der Waals surface area contributed by atoms with Crippen LogP contribution < -0.4 is 5.32 Å². The maximum Gasteiger partial charge on any atom is 0.267 e. The van der Waals surface area contributed by atoms with Crippen LogP contribution in [0.1, 0.15) is 28.9 Å². The molecule has 2 fully saturated rings. The number of amides is 1. The molecule has 0 aliphatic carbocycles. The summed E-state index contributed by atoms with van der Waals surface area (Å²) >= 11 is 0. The second-order valence-corrected chi connectivity index (χ2v) is 10.7. The highest BCUT2D eigenvalue weighted by Crippen LogP contribution is 2.27. The van der Waals surface area contributed by atoms with Crippen molar-refractivity contribution in [1.82, 2.24) is 20.2 Å². The van der Waals surface area contributed by atoms with Gasteiger partial charge in [-0.25, -0.2) is 8.42 Å². The van der Waals surface area contributed by atoms with E-state index in [9.17, 15) is 13.2 Å². The molecule has 0 saturated carbocycles. The zero-order valence-electron chi connectivity index (χ0n) is 17.7. The summed E-state index contributed by atoms with van der Waals surface area (Å²) in [4.78, 5) is 22.3. The largest absolute Gasteiger partial charge is 0.378 e. The summed E-state index contributed by atoms with van der Waals surface area (Å²) in [5.41, 5.74) is 2.16. The zero-order valence-corrected chi connectivity index (χ0v) is 18.5. The van der Waals surface area contributed by atoms with Crippen LogP contribution in [0.3, 0.4) is 0 Å². The molecule has 0 spiro atoms. The number of H-pyrrole nitrogens is 1. The van der Waals surface area contributed by atoms with Gasteiger partial charge in [-0.3, -0.25) is 14.7 Å². The van der Waals surface area contributed by atoms with Crippen molar-refractivity contribution in [1.29, 1.82) is 0 Å². The van der Waals surface area contributed by atoms with Crippen molar-refractivity contribution in [3.63, 3.8) is 0 Å². The van der Waals surface area contributed by atoms with E-state index in [2.05, 4.69) is 20.2 Å². The molecule has 32 heavy (non-hydrogen) atoms. The Kier molecular flexibility index (Phi) is 5.71. The lowest BCUT2D eigenvalue weighted by molar-refractivity contribution is -0.0695. The highest BCUT2D eigenvalue weighted by Gasteiger charge is 2.35. The number of fused-ring (bicyclic) bond motifs is 1. The number of pyridine rings is 1. The lowest BCUT2D eigenvalue weighted by atomic mass is 10.1. The third kappa shape index (κ3) is 4.15. The number of sulfone groups is 1. The van der Waals surface area contributed by atoms with Gasteiger partial charge >= 0.3 is 0 Å². The molecular weight excluding hydrogens is 428 g/mol. The summed E-state index contributed by atoms with van der Waals surface area (Å²) in [7, 11) is -3.36. The third-order valence-corrected chi connectivity index (χ3v) is 8.70. The molecule has 2 saturated heterocycles. The van der Waals surface area contributed by atoms with Gasteiger partial charge in [-0.1, -0.05) is 12.1 Å². The molecule has 0 unspecified atom stereocenters. The number of rotatable bonds is 6. The maximum atomic E-state index is 13.1. The van der Waals surface area contributed by atoms with Crippen LogP contribution in [0, 0.1) is 0 Å². The van der Waals surface area contributed by atoms with Crippen molar-refractivity contribution in [2.75, 3.05) is 26.3 Å². The van der Waals surface area contributed by atoms with E-state index in [1.807, 2.05) is 6.07 Å². The van der Waals surface area contributed by atoms with Gasteiger partial charge in [-0.15, -0.1) is 0 Å². The highest BCUT2D eigenvalue weighted by atomic mass is 32.2. The fourth-order valence-corrected chi connectivity index (χ4v) is 6.08. The van der Waals surface area contributed by atoms with E-state index < -0.39 is 9.84 Å². The lowest BCUT2D eigenvalue weighted by Gasteiger charge is -2.41. The molecule has 0 bridgehead atoms. The molecule has 1 amide bonds. The number of nitrogens with zero attached hydrogens (tertiary/aromatic N) is 2. The second kappa shape index (κ2) is 8.65. The number of hydrogen-bond acceptors (Lipinski definition) is 6. The Labute approximate surface area is 186 Å². The van der Waals surface area contributed by atoms with E-state index in [1.165, 1.54) is 0 Å². The standard InChI is InChI=1S/C23H26N4O4S/c28-23(22-11-17-13-24-8-5-21(17)26-22)25-12-16-1-3-19(4-2-16)32(29,30)20-6-9-27(10-7-20)18-14-31-15-18/h1-5,8,11,13,18,20,26H,6-7,9-10,12,14-15H2,(H,25,28). The molecule has 3 aromatic rings. The quantitative estimate of drug-likeness (QED) is 0.591. The van der Waals surface area contributed by atoms with Gasteiger partial charge < -0.3 is 15.0 Å². The van der Waals surface area contributed by atoms with Crippen LogP contribution in [0.15, 0.2) is 53.7 Å². The van der Waals surface area contributed by atoms with Crippen LogP contribution >= 0.6 is 0 Å². The van der Waals surface area contributed by atoms with Gasteiger partial charge in [-0.05, 0) is 55.8 Å². The van der Waals surface area contributed by atoms with Crippen LogP contribution in [0.2, 0.25) is 0 Å². The monoisotopic (exact) mass is 454 g/mol. The summed E-state index contributed by atoms with van der Waals surface area (Å²) in [6.45, 7) is 3.42. The number of carbonyl (C=O) groups is 1. The van der Waals surface area contributed by atoms with Gasteiger partial charge in [0.2, 0.25) is 0 Å². The minimum absolute atomic E-state index is 0.221. The van der Waals surface area contributed by atoms with Crippen molar-refractivity contribution < 1.29 is 17.9 Å². The summed E-state index contributed by atoms with van der Waals surface area (Å²) in [6, 6.07) is 10.9. The van der Waals surface area contributed by atoms with Crippen LogP contribution in [0.25, 0.3) is 10.9 Å². The van der Waals surface area contributed by atoms with Gasteiger partial charge in [0.25, 0.3) is 5.91 Å². The number of carbonyl (C=O) groups excluding carboxylic acids is 1. The Bertz CT molecular complexity index is 1180. The Morgan fingerprint density at radius 3 is 2.56 bits per heavy atom. The smallest absolute Gasteiger partial charge is 0.267 e. The number of nitrogens with one attached hydrogen (secondary N) is 2. The molecule has 2 aliphatic heterocycles. The fraction of sp³-hybridized carbons (Fsp3) is 0.391. The summed E-state index contributed by atoms with van der Waals surface area (Å²) in [5.74, 6) is -0.221. The zero-order chi connectivity index (χ0) is 22.1. The molecule has 0 radical (unpaired) electrons. The van der Waals surface area contributed by atoms with Crippen molar-refractivity contribution in [3.8, 4) is 0 Å². The van der Waals surface area contributed by atoms with Crippen molar-refractivity contribution in [2.24, 2.45) is 0 Å². The summed E-state index contributed by atoms with van der Waals surface area (Å²) in [5, 5.41) is 3.40. The number of likely N-dealkylation sites (tertiary alicyclic amines) is 1. The molecule has 2 aliphatic rings. The van der Waals surface area contributed by atoms with Crippen LogP contribution in [0.4, 0.5) is 0 Å². The second-order valence-electron chi connectivity index (χ2n) is 8.44. The molecule has 168 valence electrons. The van der Waals surface area contributed by atoms with Gasteiger partial charge in [0.15, 0.2) is 9.84 Å². The first-order valence-electron chi connectivity index (χ1n) is 10.9. The predicted molar refractivity (Wildman–Crippen MR) is 120 cm³/mol. The Morgan fingerprint density at radius 1 is 1.16 bits per heavy atom. The third-order valence-electron chi connectivity index (χ3n) is 6.42. The Morgan fingerprint density at radius 2 is 1.91 bits per heavy atom. The average Bonchev–Trinajstić information content (AvgIpc) is 3.21. The molecule has 9 heteroatoms. The van der Waals surface area contributed by atoms with Crippen molar-refractivity contribution >= 4 is 26.6 Å². The van der Waals surface area contributed by atoms with E-state index >= 15 is 0 Å². The average molecular weight is 455 g/mol. The number of hydrogen-bond donors (Lipinski definition) is 2. The first-order chi connectivity index (χ1) is 15.5. The number of aromatic amines is 1. The van der Waals surface area contributed by atoms with E-state index in [0.29, 0.717) is 36.0 Å². The number of aromatic nitrogens is 2. The molecular formula is C23H26N4O4S. The van der Waals surface area contributed by atoms with E-state index in [4.69, 9.17) is 4.74 Å². The Balaban J connectivity index is 1.18. The normalized spacial score (nSPS) is 18.5.